The van der Waals surface area contributed by atoms with Crippen LogP contribution >= 0.6 is 11.3 Å². The lowest BCUT2D eigenvalue weighted by Gasteiger charge is -2.24. The van der Waals surface area contributed by atoms with Crippen molar-refractivity contribution < 1.29 is 4.79 Å². The summed E-state index contributed by atoms with van der Waals surface area (Å²) in [6.45, 7) is 4.31. The summed E-state index contributed by atoms with van der Waals surface area (Å²) in [4.78, 5) is 14.9. The molecule has 0 radical (unpaired) electrons. The Bertz CT molecular complexity index is 372. The zero-order valence-corrected chi connectivity index (χ0v) is 11.0. The minimum absolute atomic E-state index is 0.0180. The molecule has 0 atom stereocenters. The third kappa shape index (κ3) is 1.95. The third-order valence-corrected chi connectivity index (χ3v) is 5.18. The number of hydrogen-bond donors (Lipinski definition) is 0. The van der Waals surface area contributed by atoms with Crippen LogP contribution in [0.1, 0.15) is 60.5 Å². The second-order valence-electron chi connectivity index (χ2n) is 4.79. The summed E-state index contributed by atoms with van der Waals surface area (Å²) in [7, 11) is 0. The lowest BCUT2D eigenvalue weighted by Crippen LogP contribution is -2.26. The summed E-state index contributed by atoms with van der Waals surface area (Å²) in [5.41, 5.74) is -0.0180. The van der Waals surface area contributed by atoms with Crippen LogP contribution in [0.25, 0.3) is 0 Å². The Morgan fingerprint density at radius 2 is 2.00 bits per heavy atom. The van der Waals surface area contributed by atoms with Crippen molar-refractivity contribution in [2.75, 3.05) is 0 Å². The lowest BCUT2D eigenvalue weighted by molar-refractivity contribution is 0.0796. The van der Waals surface area contributed by atoms with E-state index >= 15 is 0 Å². The highest BCUT2D eigenvalue weighted by Gasteiger charge is 2.40. The van der Waals surface area contributed by atoms with E-state index in [0.717, 1.165) is 30.6 Å². The van der Waals surface area contributed by atoms with Crippen molar-refractivity contribution in [3.05, 3.63) is 21.9 Å². The van der Waals surface area contributed by atoms with Gasteiger partial charge in [0, 0.05) is 10.3 Å². The van der Waals surface area contributed by atoms with Gasteiger partial charge in [-0.15, -0.1) is 11.3 Å². The molecule has 1 heterocycles. The molecule has 0 unspecified atom stereocenters. The number of aryl methyl sites for hydroxylation is 1. The van der Waals surface area contributed by atoms with Crippen molar-refractivity contribution >= 4 is 17.1 Å². The molecule has 1 fully saturated rings. The standard InChI is InChI=1S/C14H20OS/c1-3-11-7-8-12(16-11)13(15)14(4-2)9-5-6-10-14/h7-8H,3-6,9-10H2,1-2H3. The summed E-state index contributed by atoms with van der Waals surface area (Å²) in [6, 6.07) is 4.14. The molecule has 0 aliphatic heterocycles. The molecule has 0 N–H and O–H groups in total. The summed E-state index contributed by atoms with van der Waals surface area (Å²) in [6.07, 6.45) is 6.70. The van der Waals surface area contributed by atoms with Crippen LogP contribution in [0.2, 0.25) is 0 Å². The van der Waals surface area contributed by atoms with E-state index < -0.39 is 0 Å². The smallest absolute Gasteiger partial charge is 0.178 e. The Balaban J connectivity index is 2.23. The minimum Gasteiger partial charge on any atom is -0.293 e. The molecule has 1 saturated carbocycles. The van der Waals surface area contributed by atoms with Crippen molar-refractivity contribution in [3.8, 4) is 0 Å². The van der Waals surface area contributed by atoms with Gasteiger partial charge in [0.2, 0.25) is 0 Å². The van der Waals surface area contributed by atoms with Gasteiger partial charge in [0.15, 0.2) is 5.78 Å². The topological polar surface area (TPSA) is 17.1 Å². The summed E-state index contributed by atoms with van der Waals surface area (Å²) >= 11 is 1.69. The zero-order valence-electron chi connectivity index (χ0n) is 10.2. The van der Waals surface area contributed by atoms with Crippen molar-refractivity contribution in [1.82, 2.24) is 0 Å². The highest BCUT2D eigenvalue weighted by molar-refractivity contribution is 7.14. The van der Waals surface area contributed by atoms with E-state index in [-0.39, 0.29) is 5.41 Å². The molecule has 1 aliphatic carbocycles. The van der Waals surface area contributed by atoms with E-state index in [0.29, 0.717) is 5.78 Å². The molecule has 2 rings (SSSR count). The van der Waals surface area contributed by atoms with Gasteiger partial charge < -0.3 is 0 Å². The Morgan fingerprint density at radius 3 is 2.50 bits per heavy atom. The zero-order chi connectivity index (χ0) is 11.6. The quantitative estimate of drug-likeness (QED) is 0.705. The van der Waals surface area contributed by atoms with Gasteiger partial charge in [-0.3, -0.25) is 4.79 Å². The number of hydrogen-bond acceptors (Lipinski definition) is 2. The SMILES string of the molecule is CCc1ccc(C(=O)C2(CC)CCCC2)s1. The van der Waals surface area contributed by atoms with Gasteiger partial charge in [-0.25, -0.2) is 0 Å². The first kappa shape index (κ1) is 11.8. The Morgan fingerprint density at radius 1 is 1.31 bits per heavy atom. The summed E-state index contributed by atoms with van der Waals surface area (Å²) in [5, 5.41) is 0. The average molecular weight is 236 g/mol. The fraction of sp³-hybridized carbons (Fsp3) is 0.643. The van der Waals surface area contributed by atoms with Gasteiger partial charge in [-0.2, -0.15) is 0 Å². The van der Waals surface area contributed by atoms with Crippen LogP contribution in [0.3, 0.4) is 0 Å². The number of Topliss-reactive ketones (excluding diaryl/α,β-unsaturated/α-hetero) is 1. The molecule has 88 valence electrons. The third-order valence-electron chi connectivity index (χ3n) is 3.95. The number of carbonyl (C=O) groups excluding carboxylic acids is 1. The molecular weight excluding hydrogens is 216 g/mol. The lowest BCUT2D eigenvalue weighted by atomic mass is 9.78. The maximum atomic E-state index is 12.5. The van der Waals surface area contributed by atoms with E-state index in [2.05, 4.69) is 19.9 Å². The number of rotatable bonds is 4. The molecule has 1 nitrogen and oxygen atoms in total. The highest BCUT2D eigenvalue weighted by Crippen LogP contribution is 2.44. The first-order valence-electron chi connectivity index (χ1n) is 6.35. The number of thiophene rings is 1. The van der Waals surface area contributed by atoms with Crippen LogP contribution < -0.4 is 0 Å². The maximum absolute atomic E-state index is 12.5. The second-order valence-corrected chi connectivity index (χ2v) is 5.96. The van der Waals surface area contributed by atoms with Gasteiger partial charge in [-0.1, -0.05) is 26.7 Å². The molecule has 2 heteroatoms. The summed E-state index contributed by atoms with van der Waals surface area (Å²) in [5.74, 6) is 0.414. The van der Waals surface area contributed by atoms with Crippen LogP contribution in [0, 0.1) is 5.41 Å². The van der Waals surface area contributed by atoms with Crippen molar-refractivity contribution in [2.45, 2.75) is 52.4 Å². The van der Waals surface area contributed by atoms with Crippen LogP contribution in [0.5, 0.6) is 0 Å². The van der Waals surface area contributed by atoms with E-state index in [1.165, 1.54) is 17.7 Å². The second kappa shape index (κ2) is 4.70. The number of ketones is 1. The molecule has 0 bridgehead atoms. The minimum atomic E-state index is -0.0180. The highest BCUT2D eigenvalue weighted by atomic mass is 32.1. The molecule has 0 spiro atoms. The Kier molecular flexibility index (Phi) is 3.48. The Hall–Kier alpha value is -0.630. The van der Waals surface area contributed by atoms with E-state index in [1.807, 2.05) is 6.07 Å². The predicted octanol–water partition coefficient (Wildman–Crippen LogP) is 4.46. The van der Waals surface area contributed by atoms with Gasteiger partial charge in [0.1, 0.15) is 0 Å². The average Bonchev–Trinajstić information content (AvgIpc) is 2.98. The Labute approximate surface area is 102 Å². The summed E-state index contributed by atoms with van der Waals surface area (Å²) < 4.78 is 0. The first-order chi connectivity index (χ1) is 7.72. The first-order valence-corrected chi connectivity index (χ1v) is 7.17. The van der Waals surface area contributed by atoms with E-state index in [4.69, 9.17) is 0 Å². The van der Waals surface area contributed by atoms with Gasteiger partial charge in [0.05, 0.1) is 4.88 Å². The van der Waals surface area contributed by atoms with Crippen LogP contribution in [-0.2, 0) is 6.42 Å². The predicted molar refractivity (Wildman–Crippen MR) is 69.2 cm³/mol. The molecular formula is C14H20OS. The van der Waals surface area contributed by atoms with Gasteiger partial charge >= 0.3 is 0 Å². The maximum Gasteiger partial charge on any atom is 0.178 e. The van der Waals surface area contributed by atoms with Crippen molar-refractivity contribution in [3.63, 3.8) is 0 Å². The van der Waals surface area contributed by atoms with Crippen LogP contribution in [0.4, 0.5) is 0 Å². The molecule has 1 aromatic rings. The van der Waals surface area contributed by atoms with Crippen LogP contribution in [-0.4, -0.2) is 5.78 Å². The van der Waals surface area contributed by atoms with Crippen molar-refractivity contribution in [2.24, 2.45) is 5.41 Å². The van der Waals surface area contributed by atoms with E-state index in [9.17, 15) is 4.79 Å². The molecule has 1 aromatic heterocycles. The molecule has 1 aliphatic rings. The molecule has 16 heavy (non-hydrogen) atoms. The van der Waals surface area contributed by atoms with Crippen molar-refractivity contribution in [1.29, 1.82) is 0 Å². The number of carbonyl (C=O) groups is 1. The van der Waals surface area contributed by atoms with Gasteiger partial charge in [-0.05, 0) is 37.8 Å². The van der Waals surface area contributed by atoms with E-state index in [1.54, 1.807) is 11.3 Å². The normalized spacial score (nSPS) is 18.9. The largest absolute Gasteiger partial charge is 0.293 e. The fourth-order valence-corrected chi connectivity index (χ4v) is 3.75. The molecule has 0 saturated heterocycles. The molecule has 0 amide bonds. The fourth-order valence-electron chi connectivity index (χ4n) is 2.74. The molecule has 0 aromatic carbocycles. The monoisotopic (exact) mass is 236 g/mol. The van der Waals surface area contributed by atoms with Crippen LogP contribution in [0.15, 0.2) is 12.1 Å². The van der Waals surface area contributed by atoms with Gasteiger partial charge in [0.25, 0.3) is 0 Å².